The summed E-state index contributed by atoms with van der Waals surface area (Å²) in [6.45, 7) is 3.09. The second kappa shape index (κ2) is 19.1. The molecule has 12 heteroatoms. The van der Waals surface area contributed by atoms with Crippen molar-refractivity contribution in [3.8, 4) is 11.1 Å². The van der Waals surface area contributed by atoms with E-state index in [1.807, 2.05) is 78.9 Å². The number of nitrogens with one attached hydrogen (secondary N) is 3. The summed E-state index contributed by atoms with van der Waals surface area (Å²) in [5.41, 5.74) is 13.2. The third-order valence-corrected chi connectivity index (χ3v) is 12.1. The third-order valence-electron chi connectivity index (χ3n) is 12.1. The minimum atomic E-state index is -0.624. The van der Waals surface area contributed by atoms with Gasteiger partial charge in [-0.25, -0.2) is 0 Å². The minimum absolute atomic E-state index is 0.0249. The molecule has 6 N–H and O–H groups in total. The molecule has 0 radical (unpaired) electrons. The number of hydrogen-bond donors (Lipinski definition) is 5. The summed E-state index contributed by atoms with van der Waals surface area (Å²) in [6.07, 6.45) is 1.99. The van der Waals surface area contributed by atoms with Crippen molar-refractivity contribution >= 4 is 34.8 Å². The van der Waals surface area contributed by atoms with E-state index in [0.29, 0.717) is 44.0 Å². The largest absolute Gasteiger partial charge is 0.397 e. The molecular weight excluding hydrogens is 769 g/mol. The molecule has 3 aliphatic rings. The summed E-state index contributed by atoms with van der Waals surface area (Å²) >= 11 is 0. The lowest BCUT2D eigenvalue weighted by atomic mass is 9.85. The van der Waals surface area contributed by atoms with Gasteiger partial charge in [0.25, 0.3) is 0 Å². The first-order valence-corrected chi connectivity index (χ1v) is 21.2. The molecule has 3 fully saturated rings. The molecule has 0 saturated carbocycles. The highest BCUT2D eigenvalue weighted by Gasteiger charge is 2.50. The number of carbonyl (C=O) groups is 3. The van der Waals surface area contributed by atoms with Crippen LogP contribution in [-0.4, -0.2) is 65.7 Å². The van der Waals surface area contributed by atoms with E-state index in [4.69, 9.17) is 15.2 Å². The molecule has 0 unspecified atom stereocenters. The maximum absolute atomic E-state index is 13.3. The lowest BCUT2D eigenvalue weighted by Crippen LogP contribution is -2.57. The molecule has 1 spiro atoms. The second-order valence-corrected chi connectivity index (χ2v) is 16.2. The van der Waals surface area contributed by atoms with Crippen LogP contribution in [0, 0.1) is 0 Å². The summed E-state index contributed by atoms with van der Waals surface area (Å²) in [6, 6.07) is 41.5. The number of carbonyl (C=O) groups excluding carboxylic acids is 3. The summed E-state index contributed by atoms with van der Waals surface area (Å²) < 4.78 is 13.5. The van der Waals surface area contributed by atoms with Crippen LogP contribution in [0.2, 0.25) is 0 Å². The lowest BCUT2D eigenvalue weighted by Gasteiger charge is -2.45. The number of piperidine rings is 1. The van der Waals surface area contributed by atoms with Gasteiger partial charge >= 0.3 is 0 Å². The highest BCUT2D eigenvalue weighted by molar-refractivity contribution is 5.94. The first-order chi connectivity index (χ1) is 29.8. The number of nitrogens with two attached hydrogens (primary N) is 1. The second-order valence-electron chi connectivity index (χ2n) is 16.2. The van der Waals surface area contributed by atoms with Gasteiger partial charge in [0.05, 0.1) is 36.9 Å². The van der Waals surface area contributed by atoms with Crippen molar-refractivity contribution in [3.05, 3.63) is 150 Å². The fraction of sp³-hybridized carbons (Fsp3) is 0.327. The Bertz CT molecular complexity index is 2300. The molecular formula is C49H54N6O6. The van der Waals surface area contributed by atoms with Crippen LogP contribution in [0.1, 0.15) is 73.2 Å². The van der Waals surface area contributed by atoms with Crippen molar-refractivity contribution in [2.45, 2.75) is 75.7 Å². The molecule has 316 valence electrons. The van der Waals surface area contributed by atoms with E-state index >= 15 is 0 Å². The van der Waals surface area contributed by atoms with Crippen LogP contribution < -0.4 is 26.6 Å². The smallest absolute Gasteiger partial charge is 0.247 e. The summed E-state index contributed by atoms with van der Waals surface area (Å²) in [5.74, 6) is -0.202. The van der Waals surface area contributed by atoms with Crippen LogP contribution in [0.3, 0.4) is 0 Å². The molecule has 3 saturated heterocycles. The van der Waals surface area contributed by atoms with Crippen molar-refractivity contribution in [1.29, 1.82) is 0 Å². The first-order valence-electron chi connectivity index (χ1n) is 21.2. The molecule has 0 aromatic heterocycles. The van der Waals surface area contributed by atoms with Gasteiger partial charge in [0, 0.05) is 56.7 Å². The van der Waals surface area contributed by atoms with E-state index in [1.165, 1.54) is 0 Å². The molecule has 3 heterocycles. The maximum atomic E-state index is 13.3. The molecule has 0 bridgehead atoms. The van der Waals surface area contributed by atoms with Crippen molar-refractivity contribution in [2.75, 3.05) is 42.3 Å². The van der Waals surface area contributed by atoms with E-state index in [1.54, 1.807) is 18.2 Å². The third kappa shape index (κ3) is 9.95. The van der Waals surface area contributed by atoms with Gasteiger partial charge in [0.1, 0.15) is 5.54 Å². The van der Waals surface area contributed by atoms with Crippen LogP contribution in [0.25, 0.3) is 11.1 Å². The lowest BCUT2D eigenvalue weighted by molar-refractivity contribution is -0.253. The van der Waals surface area contributed by atoms with E-state index in [-0.39, 0.29) is 49.4 Å². The number of likely N-dealkylation sites (tertiary alicyclic amines) is 1. The number of nitrogen functional groups attached to an aromatic ring is 1. The Morgan fingerprint density at radius 2 is 1.51 bits per heavy atom. The van der Waals surface area contributed by atoms with Gasteiger partial charge in [-0.2, -0.15) is 0 Å². The molecule has 5 aromatic carbocycles. The quantitative estimate of drug-likeness (QED) is 0.0758. The number of benzene rings is 5. The highest BCUT2D eigenvalue weighted by Crippen LogP contribution is 2.41. The Labute approximate surface area is 357 Å². The average molecular weight is 823 g/mol. The zero-order chi connectivity index (χ0) is 42.2. The fourth-order valence-electron chi connectivity index (χ4n) is 8.71. The molecule has 3 amide bonds. The minimum Gasteiger partial charge on any atom is -0.397 e. The summed E-state index contributed by atoms with van der Waals surface area (Å²) in [7, 11) is 0. The summed E-state index contributed by atoms with van der Waals surface area (Å²) in [5, 5.41) is 18.6. The number of anilines is 3. The Morgan fingerprint density at radius 1 is 0.787 bits per heavy atom. The number of ether oxygens (including phenoxy) is 2. The molecule has 5 aromatic rings. The SMILES string of the molecule is Nc1ccccc1NC(=O)CCCC(=O)NCc1cccc(-c2cccc([C@H]3O[C@@H](CN4CCC5(CC4)C(=O)NCN5c4ccccc4)C[C@@H](c4ccc(CO)cc4)O3)c2)c1. The highest BCUT2D eigenvalue weighted by atomic mass is 16.7. The molecule has 0 aliphatic carbocycles. The van der Waals surface area contributed by atoms with Gasteiger partial charge in [-0.3, -0.25) is 14.4 Å². The van der Waals surface area contributed by atoms with Gasteiger partial charge in [0.15, 0.2) is 6.29 Å². The van der Waals surface area contributed by atoms with Crippen molar-refractivity contribution in [2.24, 2.45) is 0 Å². The number of rotatable bonds is 14. The van der Waals surface area contributed by atoms with Gasteiger partial charge in [0.2, 0.25) is 17.7 Å². The van der Waals surface area contributed by atoms with Crippen molar-refractivity contribution < 1.29 is 29.0 Å². The monoisotopic (exact) mass is 822 g/mol. The Kier molecular flexibility index (Phi) is 13.1. The average Bonchev–Trinajstić information content (AvgIpc) is 3.61. The van der Waals surface area contributed by atoms with Crippen LogP contribution in [0.4, 0.5) is 17.1 Å². The van der Waals surface area contributed by atoms with E-state index in [2.05, 4.69) is 56.1 Å². The number of aliphatic hydroxyl groups is 1. The van der Waals surface area contributed by atoms with Crippen molar-refractivity contribution in [1.82, 2.24) is 15.5 Å². The van der Waals surface area contributed by atoms with E-state index in [0.717, 1.165) is 65.0 Å². The standard InChI is InChI=1S/C49H54N6O6/c50-42-15-4-5-16-43(42)53-46(58)18-8-17-45(57)51-30-35-9-6-10-37(27-35)38-11-7-12-39(28-38)47-60-41(29-44(61-47)36-21-19-34(32-56)20-22-36)31-54-25-23-49(24-26-54)48(59)52-33-55(49)40-13-2-1-3-14-40/h1-7,9-16,19-22,27-28,41,44,47,56H,8,17-18,23-26,29-33,50H2,(H,51,57)(H,52,59)(H,53,58)/t41-,44+,47+/m1/s1. The van der Waals surface area contributed by atoms with Gasteiger partial charge < -0.3 is 46.1 Å². The number of aliphatic hydroxyl groups excluding tert-OH is 1. The van der Waals surface area contributed by atoms with E-state index < -0.39 is 11.8 Å². The zero-order valence-corrected chi connectivity index (χ0v) is 34.3. The van der Waals surface area contributed by atoms with Crippen LogP contribution in [0.15, 0.2) is 127 Å². The number of amides is 3. The van der Waals surface area contributed by atoms with E-state index in [9.17, 15) is 19.5 Å². The predicted molar refractivity (Wildman–Crippen MR) is 236 cm³/mol. The zero-order valence-electron chi connectivity index (χ0n) is 34.3. The topological polar surface area (TPSA) is 158 Å². The van der Waals surface area contributed by atoms with Gasteiger partial charge in [-0.15, -0.1) is 0 Å². The van der Waals surface area contributed by atoms with Gasteiger partial charge in [-0.1, -0.05) is 91.0 Å². The molecule has 3 aliphatic heterocycles. The fourth-order valence-corrected chi connectivity index (χ4v) is 8.71. The van der Waals surface area contributed by atoms with Crippen LogP contribution >= 0.6 is 0 Å². The number of nitrogens with zero attached hydrogens (tertiary/aromatic N) is 2. The molecule has 8 rings (SSSR count). The van der Waals surface area contributed by atoms with Gasteiger partial charge in [-0.05, 0) is 83.5 Å². The number of para-hydroxylation sites is 3. The Hall–Kier alpha value is -6.05. The Balaban J connectivity index is 0.906. The number of hydrogen-bond acceptors (Lipinski definition) is 9. The van der Waals surface area contributed by atoms with Crippen molar-refractivity contribution in [3.63, 3.8) is 0 Å². The molecule has 61 heavy (non-hydrogen) atoms. The Morgan fingerprint density at radius 3 is 2.28 bits per heavy atom. The van der Waals surface area contributed by atoms with Crippen LogP contribution in [-0.2, 0) is 37.0 Å². The summed E-state index contributed by atoms with van der Waals surface area (Å²) in [4.78, 5) is 43.1. The first kappa shape index (κ1) is 41.7. The maximum Gasteiger partial charge on any atom is 0.247 e. The molecule has 12 nitrogen and oxygen atoms in total. The predicted octanol–water partition coefficient (Wildman–Crippen LogP) is 6.83. The normalized spacial score (nSPS) is 20.0. The van der Waals surface area contributed by atoms with Crippen LogP contribution in [0.5, 0.6) is 0 Å². The molecule has 3 atom stereocenters.